The molecule has 1 aliphatic heterocycles. The van der Waals surface area contributed by atoms with Gasteiger partial charge in [0.05, 0.1) is 0 Å². The molecule has 1 atom stereocenters. The minimum atomic E-state index is -2.59. The molecule has 0 N–H and O–H groups in total. The second-order valence-electron chi connectivity index (χ2n) is 14.1. The zero-order valence-electron chi connectivity index (χ0n) is 28.3. The molecule has 2 nitrogen and oxygen atoms in total. The molecule has 0 saturated carbocycles. The maximum atomic E-state index is 6.63. The first-order chi connectivity index (χ1) is 19.2. The van der Waals surface area contributed by atoms with E-state index < -0.39 is 18.4 Å². The van der Waals surface area contributed by atoms with E-state index in [9.17, 15) is 0 Å². The summed E-state index contributed by atoms with van der Waals surface area (Å²) in [4.78, 5) is 0. The van der Waals surface area contributed by atoms with Crippen LogP contribution in [0.3, 0.4) is 0 Å². The molecule has 1 unspecified atom stereocenters. The van der Waals surface area contributed by atoms with Crippen LogP contribution in [0.4, 0.5) is 0 Å². The molecule has 5 heteroatoms. The van der Waals surface area contributed by atoms with Crippen LogP contribution in [0.1, 0.15) is 170 Å². The van der Waals surface area contributed by atoms with E-state index in [0.29, 0.717) is 0 Å². The van der Waals surface area contributed by atoms with Gasteiger partial charge in [-0.25, -0.2) is 0 Å². The van der Waals surface area contributed by atoms with Crippen LogP contribution in [0, 0.1) is 0 Å². The molecule has 1 rings (SSSR count). The molecule has 0 bridgehead atoms. The Kier molecular flexibility index (Phi) is 21.7. The second kappa shape index (κ2) is 22.3. The van der Waals surface area contributed by atoms with Crippen molar-refractivity contribution in [1.82, 2.24) is 0 Å². The molecule has 40 heavy (non-hydrogen) atoms. The molecule has 1 heterocycles. The van der Waals surface area contributed by atoms with Gasteiger partial charge >= 0.3 is 263 Å². The van der Waals surface area contributed by atoms with Gasteiger partial charge in [-0.15, -0.1) is 0 Å². The number of halogens is 1. The Morgan fingerprint density at radius 3 is 1.30 bits per heavy atom. The van der Waals surface area contributed by atoms with E-state index in [1.54, 1.807) is 18.8 Å². The van der Waals surface area contributed by atoms with E-state index in [2.05, 4.69) is 54.5 Å². The molecule has 0 aromatic heterocycles. The molecule has 236 valence electrons. The molecule has 0 aromatic rings. The van der Waals surface area contributed by atoms with Gasteiger partial charge in [0.2, 0.25) is 0 Å². The summed E-state index contributed by atoms with van der Waals surface area (Å²) in [5.41, 5.74) is 1.29. The number of rotatable bonds is 26. The third-order valence-corrected chi connectivity index (χ3v) is 28.3. The maximum absolute atomic E-state index is 6.63. The van der Waals surface area contributed by atoms with Crippen molar-refractivity contribution in [1.29, 1.82) is 0 Å². The van der Waals surface area contributed by atoms with Gasteiger partial charge in [-0.3, -0.25) is 0 Å². The molecule has 0 aromatic carbocycles. The summed E-state index contributed by atoms with van der Waals surface area (Å²) in [6.07, 6.45) is 29.8. The fourth-order valence-corrected chi connectivity index (χ4v) is 24.6. The van der Waals surface area contributed by atoms with Crippen LogP contribution in [0.25, 0.3) is 0 Å². The van der Waals surface area contributed by atoms with Gasteiger partial charge in [0.1, 0.15) is 0 Å². The molecular formula is C35H70BClO2Sn. The molecule has 0 amide bonds. The number of hydrogen-bond donors (Lipinski definition) is 0. The average molecular weight is 688 g/mol. The fraction of sp³-hybridized carbons (Fsp3) is 0.943. The standard InChI is InChI=1S/C11H19BClO2.3C8H17.Sn/c1-10(2)11(3,4)15-12(14-10)8-6-5-7-9-13;3*1-3-5-7-8-6-4-2;/h6-7,9H,5,8H2,1-4H3;3*1,3-8H2,2H3;/b9-7+;;;;. The molecular weight excluding hydrogens is 617 g/mol. The summed E-state index contributed by atoms with van der Waals surface area (Å²) in [6.45, 7) is 15.8. The molecule has 1 saturated heterocycles. The Balaban J connectivity index is 3.14. The van der Waals surface area contributed by atoms with Gasteiger partial charge in [-0.2, -0.15) is 0 Å². The number of hydrogen-bond acceptors (Lipinski definition) is 2. The van der Waals surface area contributed by atoms with Crippen molar-refractivity contribution in [2.24, 2.45) is 0 Å². The quantitative estimate of drug-likeness (QED) is 0.0666. The summed E-state index contributed by atoms with van der Waals surface area (Å²) in [6, 6.07) is 0. The number of unbranched alkanes of at least 4 members (excludes halogenated alkanes) is 15. The van der Waals surface area contributed by atoms with Crippen LogP contribution in [0.15, 0.2) is 11.6 Å². The van der Waals surface area contributed by atoms with Crippen LogP contribution in [0.2, 0.25) is 23.6 Å². The number of allylic oxidation sites excluding steroid dienone is 1. The molecule has 0 aliphatic carbocycles. The Morgan fingerprint density at radius 1 is 0.600 bits per heavy atom. The van der Waals surface area contributed by atoms with E-state index in [1.165, 1.54) is 116 Å². The Morgan fingerprint density at radius 2 is 0.950 bits per heavy atom. The van der Waals surface area contributed by atoms with Gasteiger partial charge in [0, 0.05) is 0 Å². The third kappa shape index (κ3) is 15.0. The summed E-state index contributed by atoms with van der Waals surface area (Å²) in [5, 5.41) is 0. The predicted molar refractivity (Wildman–Crippen MR) is 185 cm³/mol. The summed E-state index contributed by atoms with van der Waals surface area (Å²) in [7, 11) is -0.0755. The molecule has 1 fully saturated rings. The van der Waals surface area contributed by atoms with E-state index in [4.69, 9.17) is 20.9 Å². The van der Waals surface area contributed by atoms with E-state index in [1.807, 2.05) is 0 Å². The third-order valence-electron chi connectivity index (χ3n) is 10.2. The first-order valence-electron chi connectivity index (χ1n) is 17.8. The normalized spacial score (nSPS) is 17.8. The van der Waals surface area contributed by atoms with Crippen LogP contribution in [0.5, 0.6) is 0 Å². The monoisotopic (exact) mass is 688 g/mol. The van der Waals surface area contributed by atoms with Gasteiger partial charge in [0.25, 0.3) is 0 Å². The van der Waals surface area contributed by atoms with Gasteiger partial charge in [-0.1, -0.05) is 0 Å². The predicted octanol–water partition coefficient (Wildman–Crippen LogP) is 13.1. The second-order valence-corrected chi connectivity index (χ2v) is 28.8. The van der Waals surface area contributed by atoms with Gasteiger partial charge < -0.3 is 0 Å². The van der Waals surface area contributed by atoms with Gasteiger partial charge in [0.15, 0.2) is 0 Å². The van der Waals surface area contributed by atoms with E-state index in [-0.39, 0.29) is 18.3 Å². The zero-order chi connectivity index (χ0) is 29.7. The Bertz CT molecular complexity index is 582. The van der Waals surface area contributed by atoms with Crippen molar-refractivity contribution in [2.45, 2.75) is 205 Å². The fourth-order valence-electron chi connectivity index (χ4n) is 6.87. The Hall–Kier alpha value is 0.814. The topological polar surface area (TPSA) is 18.5 Å². The summed E-state index contributed by atoms with van der Waals surface area (Å²) < 4.78 is 18.7. The van der Waals surface area contributed by atoms with Gasteiger partial charge in [-0.05, 0) is 0 Å². The van der Waals surface area contributed by atoms with Crippen molar-refractivity contribution >= 4 is 37.1 Å². The average Bonchev–Trinajstić information content (AvgIpc) is 3.12. The van der Waals surface area contributed by atoms with Crippen LogP contribution in [-0.4, -0.2) is 36.7 Å². The van der Waals surface area contributed by atoms with E-state index >= 15 is 0 Å². The minimum absolute atomic E-state index is 0.0755. The Labute approximate surface area is 261 Å². The van der Waals surface area contributed by atoms with Crippen molar-refractivity contribution in [3.05, 3.63) is 11.6 Å². The molecule has 0 spiro atoms. The van der Waals surface area contributed by atoms with Crippen LogP contribution in [-0.2, 0) is 9.31 Å². The van der Waals surface area contributed by atoms with Crippen LogP contribution >= 0.6 is 11.6 Å². The van der Waals surface area contributed by atoms with E-state index in [0.717, 1.165) is 16.7 Å². The molecule has 0 radical (unpaired) electrons. The summed E-state index contributed by atoms with van der Waals surface area (Å²) >= 11 is 3.62. The first-order valence-corrected chi connectivity index (χ1v) is 25.9. The van der Waals surface area contributed by atoms with Crippen molar-refractivity contribution in [2.75, 3.05) is 0 Å². The van der Waals surface area contributed by atoms with Crippen molar-refractivity contribution < 1.29 is 9.31 Å². The first kappa shape index (κ1) is 38.8. The van der Waals surface area contributed by atoms with Crippen LogP contribution < -0.4 is 0 Å². The van der Waals surface area contributed by atoms with Crippen molar-refractivity contribution in [3.8, 4) is 0 Å². The van der Waals surface area contributed by atoms with Crippen molar-refractivity contribution in [3.63, 3.8) is 0 Å². The summed E-state index contributed by atoms with van der Waals surface area (Å²) in [5.74, 6) is 0. The molecule has 1 aliphatic rings. The zero-order valence-corrected chi connectivity index (χ0v) is 31.9. The SMILES string of the molecule is CCCCCCC[CH2][Sn]([CH2]CCCCCCC)([CH2]CCCCCCC)[CH](C/C=C/Cl)CB1OC(C)(C)C(C)(C)O1.